The third-order valence-corrected chi connectivity index (χ3v) is 6.29. The van der Waals surface area contributed by atoms with Crippen LogP contribution in [-0.2, 0) is 11.3 Å². The van der Waals surface area contributed by atoms with Crippen LogP contribution in [-0.4, -0.2) is 61.9 Å². The molecule has 2 aromatic carbocycles. The van der Waals surface area contributed by atoms with E-state index in [9.17, 15) is 4.79 Å². The van der Waals surface area contributed by atoms with Gasteiger partial charge in [0.1, 0.15) is 6.33 Å². The molecular formula is C25H27N7O. The first-order valence-electron chi connectivity index (χ1n) is 11.4. The van der Waals surface area contributed by atoms with Crippen LogP contribution >= 0.6 is 0 Å². The van der Waals surface area contributed by atoms with E-state index in [1.807, 2.05) is 48.2 Å². The van der Waals surface area contributed by atoms with E-state index >= 15 is 0 Å². The van der Waals surface area contributed by atoms with Gasteiger partial charge in [-0.3, -0.25) is 4.79 Å². The Bertz CT molecular complexity index is 1180. The Morgan fingerprint density at radius 1 is 0.909 bits per heavy atom. The van der Waals surface area contributed by atoms with Crippen molar-refractivity contribution in [2.24, 2.45) is 0 Å². The third-order valence-electron chi connectivity index (χ3n) is 6.29. The molecule has 1 saturated heterocycles. The SMILES string of the molecule is CCn1nnc2c(N3CCN(C(=O)CC(c4ccccc4)c4ccccc4)CC3)ncnc21. The zero-order valence-corrected chi connectivity index (χ0v) is 18.7. The minimum atomic E-state index is 0.0449. The normalized spacial score (nSPS) is 14.2. The van der Waals surface area contributed by atoms with Gasteiger partial charge in [-0.25, -0.2) is 14.6 Å². The minimum Gasteiger partial charge on any atom is -0.351 e. The summed E-state index contributed by atoms with van der Waals surface area (Å²) in [4.78, 5) is 26.3. The van der Waals surface area contributed by atoms with Crippen molar-refractivity contribution >= 4 is 22.9 Å². The van der Waals surface area contributed by atoms with E-state index in [0.717, 1.165) is 22.6 Å². The van der Waals surface area contributed by atoms with Gasteiger partial charge in [0.05, 0.1) is 0 Å². The molecule has 4 aromatic rings. The summed E-state index contributed by atoms with van der Waals surface area (Å²) in [6, 6.07) is 20.6. The van der Waals surface area contributed by atoms with Gasteiger partial charge in [0.15, 0.2) is 17.0 Å². The topological polar surface area (TPSA) is 80.0 Å². The molecule has 3 heterocycles. The first-order valence-corrected chi connectivity index (χ1v) is 11.4. The monoisotopic (exact) mass is 441 g/mol. The Labute approximate surface area is 192 Å². The number of amides is 1. The molecule has 168 valence electrons. The molecule has 0 bridgehead atoms. The lowest BCUT2D eigenvalue weighted by atomic mass is 9.88. The van der Waals surface area contributed by atoms with E-state index < -0.39 is 0 Å². The fourth-order valence-corrected chi connectivity index (χ4v) is 4.49. The summed E-state index contributed by atoms with van der Waals surface area (Å²) in [6.45, 7) is 5.44. The van der Waals surface area contributed by atoms with Gasteiger partial charge in [0, 0.05) is 45.1 Å². The van der Waals surface area contributed by atoms with Gasteiger partial charge >= 0.3 is 0 Å². The standard InChI is InChI=1S/C25H27N7O/c1-2-32-25-23(28-29-32)24(26-18-27-25)31-15-13-30(14-16-31)22(33)17-21(19-9-5-3-6-10-19)20-11-7-4-8-12-20/h3-12,18,21H,2,13-17H2,1H3. The molecule has 1 amide bonds. The van der Waals surface area contributed by atoms with Crippen LogP contribution in [0, 0.1) is 0 Å². The molecule has 0 atom stereocenters. The number of fused-ring (bicyclic) bond motifs is 1. The lowest BCUT2D eigenvalue weighted by molar-refractivity contribution is -0.131. The highest BCUT2D eigenvalue weighted by atomic mass is 16.2. The third kappa shape index (κ3) is 4.28. The first kappa shape index (κ1) is 21.1. The molecule has 0 radical (unpaired) electrons. The smallest absolute Gasteiger partial charge is 0.223 e. The highest BCUT2D eigenvalue weighted by Gasteiger charge is 2.27. The molecule has 0 saturated carbocycles. The Morgan fingerprint density at radius 3 is 2.15 bits per heavy atom. The van der Waals surface area contributed by atoms with E-state index in [2.05, 4.69) is 49.4 Å². The van der Waals surface area contributed by atoms with Crippen molar-refractivity contribution in [1.82, 2.24) is 29.9 Å². The summed E-state index contributed by atoms with van der Waals surface area (Å²) in [5.41, 5.74) is 3.79. The summed E-state index contributed by atoms with van der Waals surface area (Å²) in [5.74, 6) is 1.01. The number of aromatic nitrogens is 5. The van der Waals surface area contributed by atoms with Gasteiger partial charge in [-0.2, -0.15) is 0 Å². The Hall–Kier alpha value is -3.81. The van der Waals surface area contributed by atoms with E-state index in [-0.39, 0.29) is 11.8 Å². The van der Waals surface area contributed by atoms with Crippen LogP contribution < -0.4 is 4.90 Å². The van der Waals surface area contributed by atoms with Crippen molar-refractivity contribution in [2.45, 2.75) is 25.8 Å². The molecule has 8 heteroatoms. The van der Waals surface area contributed by atoms with E-state index in [1.165, 1.54) is 0 Å². The van der Waals surface area contributed by atoms with Crippen molar-refractivity contribution in [3.8, 4) is 0 Å². The van der Waals surface area contributed by atoms with Crippen molar-refractivity contribution in [1.29, 1.82) is 0 Å². The van der Waals surface area contributed by atoms with E-state index in [0.29, 0.717) is 44.7 Å². The molecule has 0 N–H and O–H groups in total. The minimum absolute atomic E-state index is 0.0449. The second-order valence-electron chi connectivity index (χ2n) is 8.22. The van der Waals surface area contributed by atoms with Crippen molar-refractivity contribution in [2.75, 3.05) is 31.1 Å². The van der Waals surface area contributed by atoms with Crippen LogP contribution in [0.1, 0.15) is 30.4 Å². The number of carbonyl (C=O) groups is 1. The van der Waals surface area contributed by atoms with Crippen molar-refractivity contribution < 1.29 is 4.79 Å². The number of carbonyl (C=O) groups excluding carboxylic acids is 1. The number of benzene rings is 2. The molecule has 1 aliphatic heterocycles. The average molecular weight is 442 g/mol. The van der Waals surface area contributed by atoms with Gasteiger partial charge in [-0.05, 0) is 18.1 Å². The maximum Gasteiger partial charge on any atom is 0.223 e. The number of rotatable bonds is 6. The van der Waals surface area contributed by atoms with Gasteiger partial charge in [-0.15, -0.1) is 5.10 Å². The van der Waals surface area contributed by atoms with Gasteiger partial charge in [0.2, 0.25) is 5.91 Å². The van der Waals surface area contributed by atoms with Crippen LogP contribution in [0.25, 0.3) is 11.2 Å². The predicted octanol–water partition coefficient (Wildman–Crippen LogP) is 3.11. The number of piperazine rings is 1. The van der Waals surface area contributed by atoms with Crippen molar-refractivity contribution in [3.63, 3.8) is 0 Å². The number of anilines is 1. The van der Waals surface area contributed by atoms with Gasteiger partial charge in [0.25, 0.3) is 0 Å². The Balaban J connectivity index is 1.29. The molecule has 33 heavy (non-hydrogen) atoms. The summed E-state index contributed by atoms with van der Waals surface area (Å²) in [6.07, 6.45) is 2.02. The van der Waals surface area contributed by atoms with Gasteiger partial charge in [-0.1, -0.05) is 65.9 Å². The number of nitrogens with zero attached hydrogens (tertiary/aromatic N) is 7. The van der Waals surface area contributed by atoms with E-state index in [1.54, 1.807) is 11.0 Å². The molecular weight excluding hydrogens is 414 g/mol. The molecule has 1 fully saturated rings. The van der Waals surface area contributed by atoms with E-state index in [4.69, 9.17) is 0 Å². The summed E-state index contributed by atoms with van der Waals surface area (Å²) < 4.78 is 1.77. The quantitative estimate of drug-likeness (QED) is 0.457. The molecule has 2 aromatic heterocycles. The summed E-state index contributed by atoms with van der Waals surface area (Å²) in [7, 11) is 0. The molecule has 1 aliphatic rings. The van der Waals surface area contributed by atoms with Crippen LogP contribution in [0.3, 0.4) is 0 Å². The number of aryl methyl sites for hydroxylation is 1. The zero-order valence-electron chi connectivity index (χ0n) is 18.7. The second-order valence-corrected chi connectivity index (χ2v) is 8.22. The fourth-order valence-electron chi connectivity index (χ4n) is 4.49. The van der Waals surface area contributed by atoms with Crippen LogP contribution in [0.15, 0.2) is 67.0 Å². The molecule has 0 unspecified atom stereocenters. The number of hydrogen-bond donors (Lipinski definition) is 0. The first-order chi connectivity index (χ1) is 16.2. The highest BCUT2D eigenvalue weighted by Crippen LogP contribution is 2.29. The lowest BCUT2D eigenvalue weighted by Crippen LogP contribution is -2.49. The maximum atomic E-state index is 13.3. The molecule has 0 aliphatic carbocycles. The number of hydrogen-bond acceptors (Lipinski definition) is 6. The zero-order chi connectivity index (χ0) is 22.6. The molecule has 5 rings (SSSR count). The predicted molar refractivity (Wildman–Crippen MR) is 127 cm³/mol. The Morgan fingerprint density at radius 2 is 1.55 bits per heavy atom. The van der Waals surface area contributed by atoms with Crippen LogP contribution in [0.2, 0.25) is 0 Å². The summed E-state index contributed by atoms with van der Waals surface area (Å²) in [5, 5.41) is 8.47. The largest absolute Gasteiger partial charge is 0.351 e. The lowest BCUT2D eigenvalue weighted by Gasteiger charge is -2.36. The summed E-state index contributed by atoms with van der Waals surface area (Å²) >= 11 is 0. The van der Waals surface area contributed by atoms with Crippen LogP contribution in [0.5, 0.6) is 0 Å². The van der Waals surface area contributed by atoms with Gasteiger partial charge < -0.3 is 9.80 Å². The molecule has 8 nitrogen and oxygen atoms in total. The Kier molecular flexibility index (Phi) is 5.97. The van der Waals surface area contributed by atoms with Crippen molar-refractivity contribution in [3.05, 3.63) is 78.1 Å². The highest BCUT2D eigenvalue weighted by molar-refractivity contribution is 5.83. The maximum absolute atomic E-state index is 13.3. The second kappa shape index (κ2) is 9.36. The average Bonchev–Trinajstić information content (AvgIpc) is 3.32. The fraction of sp³-hybridized carbons (Fsp3) is 0.320. The molecule has 0 spiro atoms. The van der Waals surface area contributed by atoms with Crippen LogP contribution in [0.4, 0.5) is 5.82 Å².